The minimum absolute atomic E-state index is 0.191. The average Bonchev–Trinajstić information content (AvgIpc) is 2.89. The minimum atomic E-state index is -3.38. The van der Waals surface area contributed by atoms with Crippen molar-refractivity contribution in [2.45, 2.75) is 37.0 Å². The van der Waals surface area contributed by atoms with Crippen molar-refractivity contribution >= 4 is 26.2 Å². The number of sulfone groups is 1. The van der Waals surface area contributed by atoms with Gasteiger partial charge in [-0.25, -0.2) is 12.8 Å². The zero-order valence-corrected chi connectivity index (χ0v) is 21.0. The van der Waals surface area contributed by atoms with Crippen molar-refractivity contribution in [1.82, 2.24) is 0 Å². The quantitative estimate of drug-likeness (QED) is 0.291. The first kappa shape index (κ1) is 22.9. The molecule has 4 aromatic carbocycles. The monoisotopic (exact) mass is 494 g/mol. The van der Waals surface area contributed by atoms with Gasteiger partial charge in [0.05, 0.1) is 4.90 Å². The number of rotatable bonds is 4. The topological polar surface area (TPSA) is 34.1 Å². The van der Waals surface area contributed by atoms with Crippen LogP contribution in [-0.2, 0) is 22.7 Å². The van der Waals surface area contributed by atoms with Crippen LogP contribution in [0.1, 0.15) is 41.5 Å². The Balaban J connectivity index is 1.44. The van der Waals surface area contributed by atoms with Crippen LogP contribution in [0, 0.1) is 5.82 Å². The molecule has 0 heterocycles. The van der Waals surface area contributed by atoms with Crippen LogP contribution in [0.5, 0.6) is 0 Å². The van der Waals surface area contributed by atoms with Gasteiger partial charge in [0.25, 0.3) is 0 Å². The molecule has 0 bridgehead atoms. The summed E-state index contributed by atoms with van der Waals surface area (Å²) in [7, 11) is -3.38. The van der Waals surface area contributed by atoms with Crippen molar-refractivity contribution in [3.8, 4) is 11.1 Å². The first-order valence-corrected chi connectivity index (χ1v) is 14.3. The highest BCUT2D eigenvalue weighted by atomic mass is 32.2. The van der Waals surface area contributed by atoms with Gasteiger partial charge in [-0.2, -0.15) is 0 Å². The molecule has 0 radical (unpaired) electrons. The van der Waals surface area contributed by atoms with E-state index in [1.54, 1.807) is 29.8 Å². The Hall–Kier alpha value is -3.50. The van der Waals surface area contributed by atoms with E-state index in [9.17, 15) is 12.8 Å². The molecule has 36 heavy (non-hydrogen) atoms. The summed E-state index contributed by atoms with van der Waals surface area (Å²) in [6.07, 6.45) is 10.9. The third kappa shape index (κ3) is 4.10. The lowest BCUT2D eigenvalue weighted by Crippen LogP contribution is -2.08. The summed E-state index contributed by atoms with van der Waals surface area (Å²) in [6.45, 7) is 0. The van der Waals surface area contributed by atoms with E-state index < -0.39 is 9.84 Å². The molecule has 0 unspecified atom stereocenters. The number of benzene rings is 4. The molecule has 4 heteroatoms. The highest BCUT2D eigenvalue weighted by molar-refractivity contribution is 7.90. The fourth-order valence-corrected chi connectivity index (χ4v) is 6.41. The molecule has 180 valence electrons. The second-order valence-electron chi connectivity index (χ2n) is 9.86. The second kappa shape index (κ2) is 8.86. The van der Waals surface area contributed by atoms with E-state index in [2.05, 4.69) is 42.5 Å². The van der Waals surface area contributed by atoms with Gasteiger partial charge in [0, 0.05) is 11.8 Å². The minimum Gasteiger partial charge on any atom is -0.224 e. The maximum atomic E-state index is 14.9. The summed E-state index contributed by atoms with van der Waals surface area (Å²) in [5.41, 5.74) is 8.94. The molecule has 0 spiro atoms. The van der Waals surface area contributed by atoms with Crippen LogP contribution in [0.4, 0.5) is 4.39 Å². The lowest BCUT2D eigenvalue weighted by molar-refractivity contribution is 0.601. The largest absolute Gasteiger partial charge is 0.224 e. The van der Waals surface area contributed by atoms with Crippen LogP contribution in [0.25, 0.3) is 27.5 Å². The van der Waals surface area contributed by atoms with Gasteiger partial charge in [0.2, 0.25) is 0 Å². The number of aryl methyl sites for hydroxylation is 1. The molecular formula is C32H27FO2S. The van der Waals surface area contributed by atoms with Crippen molar-refractivity contribution in [3.05, 3.63) is 119 Å². The predicted molar refractivity (Wildman–Crippen MR) is 145 cm³/mol. The molecule has 4 aromatic rings. The van der Waals surface area contributed by atoms with Crippen LogP contribution >= 0.6 is 0 Å². The maximum Gasteiger partial charge on any atom is 0.175 e. The zero-order valence-electron chi connectivity index (χ0n) is 20.2. The van der Waals surface area contributed by atoms with Crippen molar-refractivity contribution in [3.63, 3.8) is 0 Å². The Bertz CT molecular complexity index is 1690. The van der Waals surface area contributed by atoms with Gasteiger partial charge in [-0.15, -0.1) is 0 Å². The number of allylic oxidation sites excluding steroid dienone is 4. The Morgan fingerprint density at radius 2 is 1.72 bits per heavy atom. The Labute approximate surface area is 211 Å². The van der Waals surface area contributed by atoms with E-state index >= 15 is 0 Å². The summed E-state index contributed by atoms with van der Waals surface area (Å²) in [5.74, 6) is -0.358. The molecule has 0 aromatic heterocycles. The van der Waals surface area contributed by atoms with E-state index in [1.165, 1.54) is 45.4 Å². The Kier molecular flexibility index (Phi) is 5.65. The summed E-state index contributed by atoms with van der Waals surface area (Å²) in [5, 5.41) is 2.55. The van der Waals surface area contributed by atoms with Gasteiger partial charge in [0.1, 0.15) is 5.82 Å². The van der Waals surface area contributed by atoms with E-state index in [0.29, 0.717) is 17.5 Å². The summed E-state index contributed by atoms with van der Waals surface area (Å²) >= 11 is 0. The lowest BCUT2D eigenvalue weighted by atomic mass is 9.78. The fraction of sp³-hybridized carbons (Fsp3) is 0.188. The number of halogens is 1. The predicted octanol–water partition coefficient (Wildman–Crippen LogP) is 7.69. The van der Waals surface area contributed by atoms with Gasteiger partial charge in [0.15, 0.2) is 9.84 Å². The molecule has 0 saturated carbocycles. The van der Waals surface area contributed by atoms with Crippen molar-refractivity contribution in [2.24, 2.45) is 0 Å². The molecule has 2 aliphatic carbocycles. The van der Waals surface area contributed by atoms with Crippen LogP contribution in [0.2, 0.25) is 0 Å². The summed E-state index contributed by atoms with van der Waals surface area (Å²) < 4.78 is 39.0. The highest BCUT2D eigenvalue weighted by Crippen LogP contribution is 2.41. The van der Waals surface area contributed by atoms with Crippen LogP contribution < -0.4 is 0 Å². The first-order valence-electron chi connectivity index (χ1n) is 12.4. The standard InChI is InChI=1S/C32H27FO2S/c1-36(34,35)26-10-5-8-24(20-26)30-19-21(12-17-31(30)33)18-25-9-4-7-23-14-15-28-27-11-3-2-6-22(27)13-16-29(28)32(23)25/h3-5,7-12,14-15,17,19-20H,2,6,13,16,18H2,1H3. The number of fused-ring (bicyclic) bond motifs is 4. The Morgan fingerprint density at radius 1 is 0.861 bits per heavy atom. The van der Waals surface area contributed by atoms with E-state index in [-0.39, 0.29) is 10.7 Å². The van der Waals surface area contributed by atoms with Crippen molar-refractivity contribution in [2.75, 3.05) is 6.26 Å². The third-order valence-electron chi connectivity index (χ3n) is 7.48. The average molecular weight is 495 g/mol. The molecule has 2 nitrogen and oxygen atoms in total. The van der Waals surface area contributed by atoms with Gasteiger partial charge in [-0.3, -0.25) is 0 Å². The van der Waals surface area contributed by atoms with Crippen molar-refractivity contribution in [1.29, 1.82) is 0 Å². The molecule has 0 saturated heterocycles. The lowest BCUT2D eigenvalue weighted by Gasteiger charge is -2.26. The van der Waals surface area contributed by atoms with Gasteiger partial charge in [-0.1, -0.05) is 66.3 Å². The molecule has 0 fully saturated rings. The van der Waals surface area contributed by atoms with Crippen LogP contribution in [-0.4, -0.2) is 14.7 Å². The third-order valence-corrected chi connectivity index (χ3v) is 8.59. The second-order valence-corrected chi connectivity index (χ2v) is 11.9. The molecule has 0 amide bonds. The molecule has 0 atom stereocenters. The first-order chi connectivity index (χ1) is 17.4. The van der Waals surface area contributed by atoms with E-state index in [1.807, 2.05) is 12.1 Å². The molecule has 0 aliphatic heterocycles. The maximum absolute atomic E-state index is 14.9. The van der Waals surface area contributed by atoms with Crippen LogP contribution in [0.3, 0.4) is 0 Å². The van der Waals surface area contributed by atoms with Crippen molar-refractivity contribution < 1.29 is 12.8 Å². The SMILES string of the molecule is CS(=O)(=O)c1cccc(-c2cc(Cc3cccc4ccc5c(c34)CCC3=C5C=CCC3)ccc2F)c1. The van der Waals surface area contributed by atoms with Crippen LogP contribution in [0.15, 0.2) is 95.4 Å². The highest BCUT2D eigenvalue weighted by Gasteiger charge is 2.22. The molecule has 0 N–H and O–H groups in total. The Morgan fingerprint density at radius 3 is 2.58 bits per heavy atom. The summed E-state index contributed by atoms with van der Waals surface area (Å²) in [4.78, 5) is 0.191. The zero-order chi connectivity index (χ0) is 24.9. The smallest absolute Gasteiger partial charge is 0.175 e. The van der Waals surface area contributed by atoms with E-state index in [4.69, 9.17) is 0 Å². The molecule has 2 aliphatic rings. The number of hydrogen-bond acceptors (Lipinski definition) is 2. The summed E-state index contributed by atoms with van der Waals surface area (Å²) in [6, 6.07) is 22.6. The molecular weight excluding hydrogens is 467 g/mol. The molecule has 6 rings (SSSR count). The fourth-order valence-electron chi connectivity index (χ4n) is 5.74. The van der Waals surface area contributed by atoms with Gasteiger partial charge >= 0.3 is 0 Å². The number of hydrogen-bond donors (Lipinski definition) is 0. The van der Waals surface area contributed by atoms with E-state index in [0.717, 1.165) is 31.2 Å². The van der Waals surface area contributed by atoms with Gasteiger partial charge < -0.3 is 0 Å². The van der Waals surface area contributed by atoms with Gasteiger partial charge in [-0.05, 0) is 101 Å². The normalized spacial score (nSPS) is 15.2.